The molecule has 0 spiro atoms. The van der Waals surface area contributed by atoms with Crippen molar-refractivity contribution in [1.82, 2.24) is 15.8 Å². The second-order valence-electron chi connectivity index (χ2n) is 6.22. The highest BCUT2D eigenvalue weighted by molar-refractivity contribution is 5.82. The van der Waals surface area contributed by atoms with E-state index in [0.29, 0.717) is 6.54 Å². The highest BCUT2D eigenvalue weighted by atomic mass is 16.2. The molecule has 0 radical (unpaired) electrons. The molecule has 0 aromatic heterocycles. The number of hydrazine groups is 1. The predicted octanol–water partition coefficient (Wildman–Crippen LogP) is 2.56. The van der Waals surface area contributed by atoms with Crippen LogP contribution in [0.3, 0.4) is 0 Å². The zero-order valence-corrected chi connectivity index (χ0v) is 13.6. The van der Waals surface area contributed by atoms with E-state index in [-0.39, 0.29) is 18.0 Å². The molecular formula is C19H23N3O. The van der Waals surface area contributed by atoms with Crippen molar-refractivity contribution in [2.75, 3.05) is 7.05 Å². The summed E-state index contributed by atoms with van der Waals surface area (Å²) in [4.78, 5) is 14.4. The fraction of sp³-hybridized carbons (Fsp3) is 0.316. The Kier molecular flexibility index (Phi) is 4.74. The van der Waals surface area contributed by atoms with Gasteiger partial charge in [-0.1, -0.05) is 60.2 Å². The Morgan fingerprint density at radius 3 is 2.48 bits per heavy atom. The van der Waals surface area contributed by atoms with Crippen LogP contribution in [0.4, 0.5) is 0 Å². The third-order valence-electron chi connectivity index (χ3n) is 4.32. The molecule has 2 N–H and O–H groups in total. The molecular weight excluding hydrogens is 286 g/mol. The van der Waals surface area contributed by atoms with Crippen LogP contribution < -0.4 is 10.9 Å². The van der Waals surface area contributed by atoms with Gasteiger partial charge in [0.15, 0.2) is 0 Å². The van der Waals surface area contributed by atoms with Crippen molar-refractivity contribution in [2.45, 2.75) is 32.0 Å². The number of likely N-dealkylation sites (N-methyl/N-ethyl adjacent to an activating group) is 1. The first-order valence-corrected chi connectivity index (χ1v) is 8.00. The van der Waals surface area contributed by atoms with E-state index >= 15 is 0 Å². The van der Waals surface area contributed by atoms with Gasteiger partial charge in [-0.3, -0.25) is 4.79 Å². The molecule has 1 aliphatic heterocycles. The molecule has 1 saturated heterocycles. The number of hydrogen-bond acceptors (Lipinski definition) is 3. The van der Waals surface area contributed by atoms with Gasteiger partial charge in [0.25, 0.3) is 0 Å². The van der Waals surface area contributed by atoms with E-state index in [1.54, 1.807) is 4.90 Å². The Hall–Kier alpha value is -2.17. The minimum atomic E-state index is -0.185. The fourth-order valence-electron chi connectivity index (χ4n) is 2.94. The van der Waals surface area contributed by atoms with E-state index in [9.17, 15) is 4.79 Å². The summed E-state index contributed by atoms with van der Waals surface area (Å²) in [6.07, 6.45) is 0.765. The summed E-state index contributed by atoms with van der Waals surface area (Å²) in [5.41, 5.74) is 9.99. The molecule has 2 aromatic carbocycles. The number of nitrogens with zero attached hydrogens (tertiary/aromatic N) is 1. The highest BCUT2D eigenvalue weighted by Crippen LogP contribution is 2.23. The first kappa shape index (κ1) is 15.7. The zero-order valence-electron chi connectivity index (χ0n) is 13.6. The lowest BCUT2D eigenvalue weighted by molar-refractivity contribution is -0.132. The van der Waals surface area contributed by atoms with Crippen molar-refractivity contribution in [3.8, 4) is 0 Å². The van der Waals surface area contributed by atoms with Gasteiger partial charge >= 0.3 is 0 Å². The van der Waals surface area contributed by atoms with E-state index in [1.807, 2.05) is 37.4 Å². The van der Waals surface area contributed by atoms with Crippen molar-refractivity contribution in [2.24, 2.45) is 0 Å². The van der Waals surface area contributed by atoms with Gasteiger partial charge < -0.3 is 4.90 Å². The Balaban J connectivity index is 1.59. The summed E-state index contributed by atoms with van der Waals surface area (Å²) in [5.74, 6) is 0.121. The van der Waals surface area contributed by atoms with Crippen molar-refractivity contribution in [1.29, 1.82) is 0 Å². The van der Waals surface area contributed by atoms with Crippen molar-refractivity contribution < 1.29 is 4.79 Å². The summed E-state index contributed by atoms with van der Waals surface area (Å²) < 4.78 is 0. The molecule has 0 bridgehead atoms. The van der Waals surface area contributed by atoms with E-state index < -0.39 is 0 Å². The van der Waals surface area contributed by atoms with Gasteiger partial charge in [-0.05, 0) is 24.5 Å². The highest BCUT2D eigenvalue weighted by Gasteiger charge is 2.31. The lowest BCUT2D eigenvalue weighted by Gasteiger charge is -2.21. The molecule has 1 aliphatic rings. The Bertz CT molecular complexity index is 654. The molecule has 2 aromatic rings. The number of nitrogens with one attached hydrogen (secondary N) is 2. The van der Waals surface area contributed by atoms with Crippen LogP contribution in [0.5, 0.6) is 0 Å². The van der Waals surface area contributed by atoms with Crippen LogP contribution in [0.15, 0.2) is 54.6 Å². The molecule has 23 heavy (non-hydrogen) atoms. The van der Waals surface area contributed by atoms with Gasteiger partial charge in [0.05, 0.1) is 0 Å². The molecule has 3 rings (SSSR count). The molecule has 120 valence electrons. The number of benzene rings is 2. The van der Waals surface area contributed by atoms with Crippen LogP contribution in [-0.4, -0.2) is 23.9 Å². The second kappa shape index (κ2) is 6.94. The van der Waals surface area contributed by atoms with Gasteiger partial charge in [0.2, 0.25) is 5.91 Å². The molecule has 0 aliphatic carbocycles. The first-order valence-electron chi connectivity index (χ1n) is 8.00. The zero-order chi connectivity index (χ0) is 16.2. The van der Waals surface area contributed by atoms with E-state index in [1.165, 1.54) is 11.1 Å². The number of carbonyl (C=O) groups is 1. The van der Waals surface area contributed by atoms with Crippen LogP contribution in [0.2, 0.25) is 0 Å². The van der Waals surface area contributed by atoms with Gasteiger partial charge in [0.1, 0.15) is 6.04 Å². The number of amides is 1. The molecule has 2 unspecified atom stereocenters. The van der Waals surface area contributed by atoms with Crippen molar-refractivity contribution in [3.05, 3.63) is 71.3 Å². The van der Waals surface area contributed by atoms with Crippen molar-refractivity contribution >= 4 is 5.91 Å². The van der Waals surface area contributed by atoms with Gasteiger partial charge in [-0.15, -0.1) is 0 Å². The molecule has 0 saturated carbocycles. The number of aryl methyl sites for hydroxylation is 1. The van der Waals surface area contributed by atoms with Crippen LogP contribution in [0.1, 0.15) is 29.2 Å². The number of carbonyl (C=O) groups excluding carboxylic acids is 1. The number of hydrogen-bond donors (Lipinski definition) is 2. The molecule has 4 nitrogen and oxygen atoms in total. The van der Waals surface area contributed by atoms with Gasteiger partial charge in [-0.2, -0.15) is 0 Å². The summed E-state index contributed by atoms with van der Waals surface area (Å²) in [7, 11) is 1.86. The maximum Gasteiger partial charge on any atom is 0.241 e. The second-order valence-corrected chi connectivity index (χ2v) is 6.22. The smallest absolute Gasteiger partial charge is 0.241 e. The normalized spacial score (nSPS) is 20.4. The summed E-state index contributed by atoms with van der Waals surface area (Å²) in [6, 6.07) is 18.5. The van der Waals surface area contributed by atoms with E-state index in [4.69, 9.17) is 0 Å². The lowest BCUT2D eigenvalue weighted by atomic mass is 10.0. The predicted molar refractivity (Wildman–Crippen MR) is 91.5 cm³/mol. The molecule has 1 heterocycles. The monoisotopic (exact) mass is 309 g/mol. The van der Waals surface area contributed by atoms with Crippen LogP contribution in [0, 0.1) is 6.92 Å². The fourth-order valence-corrected chi connectivity index (χ4v) is 2.94. The molecule has 2 atom stereocenters. The summed E-state index contributed by atoms with van der Waals surface area (Å²) in [6.45, 7) is 2.71. The Morgan fingerprint density at radius 2 is 1.78 bits per heavy atom. The maximum absolute atomic E-state index is 12.6. The number of rotatable bonds is 4. The van der Waals surface area contributed by atoms with E-state index in [0.717, 1.165) is 12.0 Å². The summed E-state index contributed by atoms with van der Waals surface area (Å²) in [5, 5.41) is 0. The Morgan fingerprint density at radius 1 is 1.09 bits per heavy atom. The minimum absolute atomic E-state index is 0.121. The van der Waals surface area contributed by atoms with Gasteiger partial charge in [0, 0.05) is 19.6 Å². The van der Waals surface area contributed by atoms with E-state index in [2.05, 4.69) is 42.0 Å². The molecule has 1 amide bonds. The van der Waals surface area contributed by atoms with Crippen LogP contribution >= 0.6 is 0 Å². The SMILES string of the molecule is Cc1ccc(C2CC(C(=O)N(C)Cc3ccccc3)NN2)cc1. The topological polar surface area (TPSA) is 44.4 Å². The van der Waals surface area contributed by atoms with Crippen LogP contribution in [0.25, 0.3) is 0 Å². The Labute approximate surface area is 137 Å². The average Bonchev–Trinajstić information content (AvgIpc) is 3.05. The average molecular weight is 309 g/mol. The third kappa shape index (κ3) is 3.78. The van der Waals surface area contributed by atoms with Crippen molar-refractivity contribution in [3.63, 3.8) is 0 Å². The van der Waals surface area contributed by atoms with Crippen LogP contribution in [-0.2, 0) is 11.3 Å². The lowest BCUT2D eigenvalue weighted by Crippen LogP contribution is -2.43. The minimum Gasteiger partial charge on any atom is -0.340 e. The largest absolute Gasteiger partial charge is 0.340 e. The maximum atomic E-state index is 12.6. The quantitative estimate of drug-likeness (QED) is 0.912. The third-order valence-corrected chi connectivity index (χ3v) is 4.32. The molecule has 1 fully saturated rings. The summed E-state index contributed by atoms with van der Waals surface area (Å²) >= 11 is 0. The molecule has 4 heteroatoms. The first-order chi connectivity index (χ1) is 11.1. The standard InChI is InChI=1S/C19H23N3O/c1-14-8-10-16(11-9-14)17-12-18(21-20-17)19(23)22(2)13-15-6-4-3-5-7-15/h3-11,17-18,20-21H,12-13H2,1-2H3. The van der Waals surface area contributed by atoms with Gasteiger partial charge in [-0.25, -0.2) is 10.9 Å².